The van der Waals surface area contributed by atoms with Gasteiger partial charge in [0.15, 0.2) is 0 Å². The molecule has 2 heteroatoms. The Hall–Kier alpha value is -0.470. The van der Waals surface area contributed by atoms with Crippen LogP contribution in [0.25, 0.3) is 0 Å². The van der Waals surface area contributed by atoms with Gasteiger partial charge >= 0.3 is 0 Å². The van der Waals surface area contributed by atoms with E-state index in [1.807, 2.05) is 11.8 Å². The third kappa shape index (κ3) is 5.60. The summed E-state index contributed by atoms with van der Waals surface area (Å²) in [6.45, 7) is 12.2. The van der Waals surface area contributed by atoms with Crippen LogP contribution < -0.4 is 5.32 Å². The molecule has 17 heavy (non-hydrogen) atoms. The summed E-state index contributed by atoms with van der Waals surface area (Å²) in [5.74, 6) is 0. The molecule has 0 saturated carbocycles. The summed E-state index contributed by atoms with van der Waals surface area (Å²) in [5.41, 5.74) is 1.58. The molecule has 1 unspecified atom stereocenters. The molecule has 1 aromatic carbocycles. The van der Waals surface area contributed by atoms with Crippen LogP contribution in [0.5, 0.6) is 0 Å². The van der Waals surface area contributed by atoms with E-state index >= 15 is 0 Å². The van der Waals surface area contributed by atoms with Crippen LogP contribution in [0.4, 0.5) is 0 Å². The van der Waals surface area contributed by atoms with E-state index in [9.17, 15) is 0 Å². The topological polar surface area (TPSA) is 12.0 Å². The molecule has 1 atom stereocenters. The lowest BCUT2D eigenvalue weighted by molar-refractivity contribution is 0.379. The van der Waals surface area contributed by atoms with Gasteiger partial charge in [-0.05, 0) is 39.3 Å². The Balaban J connectivity index is 2.39. The molecular weight excluding hydrogens is 226 g/mol. The smallest absolute Gasteiger partial charge is 0.0191 e. The van der Waals surface area contributed by atoms with Crippen molar-refractivity contribution < 1.29 is 0 Å². The van der Waals surface area contributed by atoms with Crippen molar-refractivity contribution in [2.75, 3.05) is 6.54 Å². The van der Waals surface area contributed by atoms with E-state index in [1.165, 1.54) is 10.5 Å². The zero-order valence-corrected chi connectivity index (χ0v) is 12.5. The fourth-order valence-electron chi connectivity index (χ4n) is 1.44. The van der Waals surface area contributed by atoms with E-state index in [2.05, 4.69) is 64.2 Å². The van der Waals surface area contributed by atoms with E-state index in [1.54, 1.807) is 0 Å². The van der Waals surface area contributed by atoms with Crippen molar-refractivity contribution in [2.45, 2.75) is 56.7 Å². The third-order valence-electron chi connectivity index (χ3n) is 3.11. The molecule has 0 heterocycles. The Morgan fingerprint density at radius 3 is 2.35 bits per heavy atom. The van der Waals surface area contributed by atoms with Crippen LogP contribution in [0.2, 0.25) is 0 Å². The van der Waals surface area contributed by atoms with Crippen molar-refractivity contribution in [3.05, 3.63) is 29.8 Å². The second kappa shape index (κ2) is 6.46. The highest BCUT2D eigenvalue weighted by molar-refractivity contribution is 8.00. The van der Waals surface area contributed by atoms with Crippen molar-refractivity contribution in [1.29, 1.82) is 0 Å². The largest absolute Gasteiger partial charge is 0.311 e. The zero-order chi connectivity index (χ0) is 12.9. The Bertz CT molecular complexity index is 329. The van der Waals surface area contributed by atoms with Crippen LogP contribution >= 0.6 is 11.8 Å². The first kappa shape index (κ1) is 14.6. The molecule has 0 saturated heterocycles. The molecule has 1 rings (SSSR count). The third-order valence-corrected chi connectivity index (χ3v) is 4.22. The van der Waals surface area contributed by atoms with Crippen LogP contribution in [-0.4, -0.2) is 17.3 Å². The van der Waals surface area contributed by atoms with E-state index < -0.39 is 0 Å². The van der Waals surface area contributed by atoms with Gasteiger partial charge < -0.3 is 5.32 Å². The predicted molar refractivity (Wildman–Crippen MR) is 78.9 cm³/mol. The SMILES string of the molecule is CCC(C)(C)NCC(C)Sc1ccc(C)cc1. The van der Waals surface area contributed by atoms with Gasteiger partial charge in [0.25, 0.3) is 0 Å². The molecule has 1 N–H and O–H groups in total. The zero-order valence-electron chi connectivity index (χ0n) is 11.7. The van der Waals surface area contributed by atoms with Crippen molar-refractivity contribution in [2.24, 2.45) is 0 Å². The van der Waals surface area contributed by atoms with Crippen molar-refractivity contribution >= 4 is 11.8 Å². The summed E-state index contributed by atoms with van der Waals surface area (Å²) in [4.78, 5) is 1.36. The maximum Gasteiger partial charge on any atom is 0.0191 e. The lowest BCUT2D eigenvalue weighted by Crippen LogP contribution is -2.41. The second-order valence-corrected chi connectivity index (χ2v) is 6.87. The minimum absolute atomic E-state index is 0.252. The van der Waals surface area contributed by atoms with Crippen LogP contribution in [0.3, 0.4) is 0 Å². The number of aryl methyl sites for hydroxylation is 1. The van der Waals surface area contributed by atoms with Gasteiger partial charge in [-0.15, -0.1) is 11.8 Å². The van der Waals surface area contributed by atoms with Gasteiger partial charge in [0, 0.05) is 22.2 Å². The Morgan fingerprint density at radius 1 is 1.24 bits per heavy atom. The number of benzene rings is 1. The summed E-state index contributed by atoms with van der Waals surface area (Å²) in [7, 11) is 0. The highest BCUT2D eigenvalue weighted by Crippen LogP contribution is 2.23. The molecule has 0 aliphatic rings. The van der Waals surface area contributed by atoms with Gasteiger partial charge in [-0.2, -0.15) is 0 Å². The molecule has 0 fully saturated rings. The van der Waals surface area contributed by atoms with Crippen molar-refractivity contribution in [1.82, 2.24) is 5.32 Å². The van der Waals surface area contributed by atoms with Gasteiger partial charge in [-0.3, -0.25) is 0 Å². The average Bonchev–Trinajstić information content (AvgIpc) is 2.30. The van der Waals surface area contributed by atoms with Crippen LogP contribution in [-0.2, 0) is 0 Å². The van der Waals surface area contributed by atoms with Crippen molar-refractivity contribution in [3.8, 4) is 0 Å². The number of thioether (sulfide) groups is 1. The summed E-state index contributed by atoms with van der Waals surface area (Å²) in [5, 5.41) is 4.22. The van der Waals surface area contributed by atoms with Gasteiger partial charge in [0.2, 0.25) is 0 Å². The quantitative estimate of drug-likeness (QED) is 0.758. The van der Waals surface area contributed by atoms with Gasteiger partial charge in [0.1, 0.15) is 0 Å². The Kier molecular flexibility index (Phi) is 5.54. The second-order valence-electron chi connectivity index (χ2n) is 5.36. The molecule has 0 aromatic heterocycles. The maximum absolute atomic E-state index is 3.62. The molecule has 0 aliphatic heterocycles. The van der Waals surface area contributed by atoms with Crippen LogP contribution in [0.1, 0.15) is 39.7 Å². The molecule has 0 spiro atoms. The van der Waals surface area contributed by atoms with Crippen molar-refractivity contribution in [3.63, 3.8) is 0 Å². The summed E-state index contributed by atoms with van der Waals surface area (Å²) in [6.07, 6.45) is 1.16. The summed E-state index contributed by atoms with van der Waals surface area (Å²) >= 11 is 1.94. The normalized spacial score (nSPS) is 13.7. The molecule has 1 nitrogen and oxygen atoms in total. The minimum Gasteiger partial charge on any atom is -0.311 e. The summed E-state index contributed by atoms with van der Waals surface area (Å²) < 4.78 is 0. The van der Waals surface area contributed by atoms with Gasteiger partial charge in [0.05, 0.1) is 0 Å². The lowest BCUT2D eigenvalue weighted by Gasteiger charge is -2.26. The first-order valence-electron chi connectivity index (χ1n) is 6.41. The standard InChI is InChI=1S/C15H25NS/c1-6-15(4,5)16-11-13(3)17-14-9-7-12(2)8-10-14/h7-10,13,16H,6,11H2,1-5H3. The predicted octanol–water partition coefficient (Wildman–Crippen LogP) is 4.25. The van der Waals surface area contributed by atoms with Crippen LogP contribution in [0, 0.1) is 6.92 Å². The van der Waals surface area contributed by atoms with Gasteiger partial charge in [-0.1, -0.05) is 31.5 Å². The Morgan fingerprint density at radius 2 is 1.82 bits per heavy atom. The van der Waals surface area contributed by atoms with E-state index in [0.717, 1.165) is 13.0 Å². The average molecular weight is 251 g/mol. The van der Waals surface area contributed by atoms with E-state index in [0.29, 0.717) is 5.25 Å². The highest BCUT2D eigenvalue weighted by Gasteiger charge is 2.15. The lowest BCUT2D eigenvalue weighted by atomic mass is 10.0. The number of nitrogens with one attached hydrogen (secondary N) is 1. The number of rotatable bonds is 6. The van der Waals surface area contributed by atoms with E-state index in [-0.39, 0.29) is 5.54 Å². The highest BCUT2D eigenvalue weighted by atomic mass is 32.2. The maximum atomic E-state index is 3.62. The Labute approximate surface area is 110 Å². The van der Waals surface area contributed by atoms with E-state index in [4.69, 9.17) is 0 Å². The molecule has 0 aliphatic carbocycles. The minimum atomic E-state index is 0.252. The molecule has 96 valence electrons. The molecular formula is C15H25NS. The molecule has 0 amide bonds. The first-order valence-corrected chi connectivity index (χ1v) is 7.29. The molecule has 1 aromatic rings. The fourth-order valence-corrected chi connectivity index (χ4v) is 2.36. The summed E-state index contributed by atoms with van der Waals surface area (Å²) in [6, 6.07) is 8.78. The first-order chi connectivity index (χ1) is 7.93. The fraction of sp³-hybridized carbons (Fsp3) is 0.600. The number of hydrogen-bond donors (Lipinski definition) is 1. The van der Waals surface area contributed by atoms with Crippen LogP contribution in [0.15, 0.2) is 29.2 Å². The van der Waals surface area contributed by atoms with Gasteiger partial charge in [-0.25, -0.2) is 0 Å². The monoisotopic (exact) mass is 251 g/mol. The molecule has 0 bridgehead atoms. The number of hydrogen-bond acceptors (Lipinski definition) is 2. The molecule has 0 radical (unpaired) electrons.